The van der Waals surface area contributed by atoms with E-state index in [4.69, 9.17) is 4.99 Å². The van der Waals surface area contributed by atoms with E-state index < -0.39 is 0 Å². The first-order chi connectivity index (χ1) is 9.15. The predicted octanol–water partition coefficient (Wildman–Crippen LogP) is 3.11. The van der Waals surface area contributed by atoms with Crippen molar-refractivity contribution in [1.82, 2.24) is 10.2 Å². The minimum Gasteiger partial charge on any atom is -0.362 e. The van der Waals surface area contributed by atoms with Gasteiger partial charge >= 0.3 is 0 Å². The van der Waals surface area contributed by atoms with Crippen LogP contribution in [0.25, 0.3) is 0 Å². The van der Waals surface area contributed by atoms with Crippen molar-refractivity contribution in [1.29, 1.82) is 0 Å². The van der Waals surface area contributed by atoms with Crippen LogP contribution in [0.4, 0.5) is 0 Å². The van der Waals surface area contributed by atoms with Crippen LogP contribution >= 0.6 is 11.8 Å². The second-order valence-corrected chi connectivity index (χ2v) is 7.56. The summed E-state index contributed by atoms with van der Waals surface area (Å²) in [5.41, 5.74) is 0. The number of likely N-dealkylation sites (tertiary alicyclic amines) is 1. The third kappa shape index (κ3) is 4.99. The summed E-state index contributed by atoms with van der Waals surface area (Å²) >= 11 is 1.90. The largest absolute Gasteiger partial charge is 0.362 e. The summed E-state index contributed by atoms with van der Waals surface area (Å²) in [5, 5.41) is 5.36. The molecule has 2 saturated heterocycles. The maximum atomic E-state index is 4.74. The van der Waals surface area contributed by atoms with Crippen LogP contribution in [0.2, 0.25) is 0 Å². The van der Waals surface area contributed by atoms with E-state index >= 15 is 0 Å². The summed E-state index contributed by atoms with van der Waals surface area (Å²) in [6, 6.07) is 1.36. The van der Waals surface area contributed by atoms with Gasteiger partial charge in [0.25, 0.3) is 0 Å². The molecule has 0 amide bonds. The highest BCUT2D eigenvalue weighted by molar-refractivity contribution is 8.14. The average molecular weight is 283 g/mol. The molecule has 0 aliphatic carbocycles. The Morgan fingerprint density at radius 3 is 2.89 bits per heavy atom. The summed E-state index contributed by atoms with van der Waals surface area (Å²) in [5.74, 6) is 0. The Hall–Kier alpha value is -0.220. The van der Waals surface area contributed by atoms with Gasteiger partial charge in [-0.25, -0.2) is 0 Å². The molecule has 2 rings (SSSR count). The van der Waals surface area contributed by atoms with E-state index in [1.807, 2.05) is 11.8 Å². The van der Waals surface area contributed by atoms with Crippen LogP contribution in [0.15, 0.2) is 4.99 Å². The molecule has 1 N–H and O–H groups in total. The van der Waals surface area contributed by atoms with Crippen LogP contribution in [-0.4, -0.2) is 47.0 Å². The zero-order chi connectivity index (χ0) is 13.7. The normalized spacial score (nSPS) is 35.3. The molecule has 19 heavy (non-hydrogen) atoms. The zero-order valence-electron chi connectivity index (χ0n) is 12.7. The van der Waals surface area contributed by atoms with Crippen LogP contribution in [0.1, 0.15) is 52.9 Å². The quantitative estimate of drug-likeness (QED) is 0.803. The molecular weight excluding hydrogens is 254 g/mol. The average Bonchev–Trinajstić information content (AvgIpc) is 2.35. The van der Waals surface area contributed by atoms with Crippen molar-refractivity contribution in [3.63, 3.8) is 0 Å². The Bertz CT molecular complexity index is 294. The van der Waals surface area contributed by atoms with Crippen molar-refractivity contribution in [3.05, 3.63) is 0 Å². The maximum Gasteiger partial charge on any atom is 0.157 e. The van der Waals surface area contributed by atoms with Gasteiger partial charge in [-0.3, -0.25) is 4.99 Å². The molecule has 0 saturated carbocycles. The number of hydrogen-bond acceptors (Lipinski definition) is 3. The highest BCUT2D eigenvalue weighted by atomic mass is 32.2. The van der Waals surface area contributed by atoms with Crippen molar-refractivity contribution in [3.8, 4) is 0 Å². The first kappa shape index (κ1) is 15.2. The summed E-state index contributed by atoms with van der Waals surface area (Å²) in [6.07, 6.45) is 6.61. The monoisotopic (exact) mass is 283 g/mol. The summed E-state index contributed by atoms with van der Waals surface area (Å²) < 4.78 is 0. The lowest BCUT2D eigenvalue weighted by molar-refractivity contribution is 0.160. The molecule has 2 aliphatic heterocycles. The zero-order valence-corrected chi connectivity index (χ0v) is 13.5. The van der Waals surface area contributed by atoms with Gasteiger partial charge in [0.2, 0.25) is 0 Å². The lowest BCUT2D eigenvalue weighted by atomic mass is 10.0. The van der Waals surface area contributed by atoms with E-state index in [1.165, 1.54) is 45.2 Å². The number of amidine groups is 1. The van der Waals surface area contributed by atoms with Crippen molar-refractivity contribution < 1.29 is 0 Å². The molecule has 0 aromatic heterocycles. The Labute approximate surface area is 122 Å². The van der Waals surface area contributed by atoms with Crippen LogP contribution in [0.3, 0.4) is 0 Å². The first-order valence-electron chi connectivity index (χ1n) is 7.87. The van der Waals surface area contributed by atoms with Crippen molar-refractivity contribution in [2.45, 2.75) is 70.2 Å². The molecular formula is C15H29N3S. The van der Waals surface area contributed by atoms with E-state index in [0.29, 0.717) is 11.3 Å². The van der Waals surface area contributed by atoms with Gasteiger partial charge in [0.15, 0.2) is 5.17 Å². The SMILES string of the molecule is CC1CC(C)SC(=NCCCN2CCCCC2C)N1. The molecule has 0 aromatic rings. The number of nitrogens with zero attached hydrogens (tertiary/aromatic N) is 2. The van der Waals surface area contributed by atoms with Gasteiger partial charge in [-0.15, -0.1) is 0 Å². The second kappa shape index (κ2) is 7.53. The maximum absolute atomic E-state index is 4.74. The Kier molecular flexibility index (Phi) is 6.02. The third-order valence-corrected chi connectivity index (χ3v) is 5.23. The highest BCUT2D eigenvalue weighted by Crippen LogP contribution is 2.22. The van der Waals surface area contributed by atoms with Crippen LogP contribution < -0.4 is 5.32 Å². The molecule has 0 spiro atoms. The summed E-state index contributed by atoms with van der Waals surface area (Å²) in [4.78, 5) is 7.37. The third-order valence-electron chi connectivity index (χ3n) is 4.17. The van der Waals surface area contributed by atoms with E-state index in [9.17, 15) is 0 Å². The minimum atomic E-state index is 0.581. The lowest BCUT2D eigenvalue weighted by Gasteiger charge is -2.33. The smallest absolute Gasteiger partial charge is 0.157 e. The molecule has 0 radical (unpaired) electrons. The lowest BCUT2D eigenvalue weighted by Crippen LogP contribution is -2.39. The van der Waals surface area contributed by atoms with E-state index in [1.54, 1.807) is 0 Å². The van der Waals surface area contributed by atoms with Crippen molar-refractivity contribution >= 4 is 16.9 Å². The van der Waals surface area contributed by atoms with Gasteiger partial charge in [-0.1, -0.05) is 25.1 Å². The van der Waals surface area contributed by atoms with Gasteiger partial charge in [0.1, 0.15) is 0 Å². The molecule has 3 atom stereocenters. The van der Waals surface area contributed by atoms with Gasteiger partial charge in [0.05, 0.1) is 0 Å². The number of aliphatic imine (C=N–C) groups is 1. The van der Waals surface area contributed by atoms with Crippen LogP contribution in [0, 0.1) is 0 Å². The van der Waals surface area contributed by atoms with Gasteiger partial charge in [-0.2, -0.15) is 0 Å². The fraction of sp³-hybridized carbons (Fsp3) is 0.933. The molecule has 0 aromatic carbocycles. The molecule has 3 nitrogen and oxygen atoms in total. The Morgan fingerprint density at radius 2 is 2.16 bits per heavy atom. The topological polar surface area (TPSA) is 27.6 Å². The number of piperidine rings is 1. The molecule has 0 bridgehead atoms. The van der Waals surface area contributed by atoms with Crippen LogP contribution in [-0.2, 0) is 0 Å². The van der Waals surface area contributed by atoms with E-state index in [-0.39, 0.29) is 0 Å². The number of rotatable bonds is 4. The highest BCUT2D eigenvalue weighted by Gasteiger charge is 2.20. The first-order valence-corrected chi connectivity index (χ1v) is 8.75. The van der Waals surface area contributed by atoms with Gasteiger partial charge < -0.3 is 10.2 Å². The molecule has 110 valence electrons. The van der Waals surface area contributed by atoms with Gasteiger partial charge in [0, 0.05) is 30.4 Å². The Morgan fingerprint density at radius 1 is 1.32 bits per heavy atom. The number of nitrogens with one attached hydrogen (secondary N) is 1. The molecule has 2 heterocycles. The predicted molar refractivity (Wildman–Crippen MR) is 86.1 cm³/mol. The Balaban J connectivity index is 1.68. The van der Waals surface area contributed by atoms with Crippen molar-refractivity contribution in [2.75, 3.05) is 19.6 Å². The standard InChI is InChI=1S/C15H29N3S/c1-12-11-14(3)19-15(17-12)16-8-6-10-18-9-5-4-7-13(18)2/h12-14H,4-11H2,1-3H3,(H,16,17). The minimum absolute atomic E-state index is 0.581. The summed E-state index contributed by atoms with van der Waals surface area (Å²) in [6.45, 7) is 10.4. The fourth-order valence-corrected chi connectivity index (χ4v) is 4.27. The van der Waals surface area contributed by atoms with E-state index in [0.717, 1.165) is 17.8 Å². The fourth-order valence-electron chi connectivity index (χ4n) is 3.07. The van der Waals surface area contributed by atoms with E-state index in [2.05, 4.69) is 31.0 Å². The summed E-state index contributed by atoms with van der Waals surface area (Å²) in [7, 11) is 0. The molecule has 2 fully saturated rings. The number of hydrogen-bond donors (Lipinski definition) is 1. The molecule has 3 unspecified atom stereocenters. The van der Waals surface area contributed by atoms with Crippen molar-refractivity contribution in [2.24, 2.45) is 4.99 Å². The molecule has 4 heteroatoms. The second-order valence-electron chi connectivity index (χ2n) is 6.13. The number of thioether (sulfide) groups is 1. The molecule has 2 aliphatic rings. The van der Waals surface area contributed by atoms with Gasteiger partial charge in [-0.05, 0) is 46.1 Å². The van der Waals surface area contributed by atoms with Crippen LogP contribution in [0.5, 0.6) is 0 Å².